The number of nitrogens with zero attached hydrogens (tertiary/aromatic N) is 3. The summed E-state index contributed by atoms with van der Waals surface area (Å²) in [7, 11) is 0. The van der Waals surface area contributed by atoms with Crippen LogP contribution < -0.4 is 9.80 Å². The van der Waals surface area contributed by atoms with Gasteiger partial charge in [-0.2, -0.15) is 0 Å². The third kappa shape index (κ3) is 7.03. The normalized spacial score (nSPS) is 11.1. The molecular weight excluding hydrogens is 611 g/mol. The number of benzene rings is 7. The minimum atomic E-state index is 0.0880. The molecule has 0 bridgehead atoms. The van der Waals surface area contributed by atoms with E-state index in [1.807, 2.05) is 133 Å². The Morgan fingerprint density at radius 3 is 1.08 bits per heavy atom. The highest BCUT2D eigenvalue weighted by Gasteiger charge is 2.20. The SMILES string of the molecule is N=C(N=C(C(=N)c1cccc(N(c2ccccc2)c2ccccc2)c1)c1cccc(N(c2ccccc2)c2ccccc2)c1)c1ccccc1. The summed E-state index contributed by atoms with van der Waals surface area (Å²) >= 11 is 0. The van der Waals surface area contributed by atoms with Crippen molar-refractivity contribution in [1.29, 1.82) is 10.8 Å². The van der Waals surface area contributed by atoms with Crippen LogP contribution in [0.3, 0.4) is 0 Å². The first-order chi connectivity index (χ1) is 24.7. The molecule has 0 atom stereocenters. The highest BCUT2D eigenvalue weighted by Crippen LogP contribution is 2.36. The second-order valence-corrected chi connectivity index (χ2v) is 11.7. The van der Waals surface area contributed by atoms with E-state index in [-0.39, 0.29) is 11.5 Å². The van der Waals surface area contributed by atoms with E-state index in [1.54, 1.807) is 0 Å². The lowest BCUT2D eigenvalue weighted by Crippen LogP contribution is -2.20. The van der Waals surface area contributed by atoms with E-state index in [0.717, 1.165) is 39.7 Å². The van der Waals surface area contributed by atoms with Crippen LogP contribution in [0.5, 0.6) is 0 Å². The topological polar surface area (TPSA) is 66.5 Å². The van der Waals surface area contributed by atoms with Gasteiger partial charge in [0.25, 0.3) is 0 Å². The van der Waals surface area contributed by atoms with E-state index in [9.17, 15) is 5.41 Å². The summed E-state index contributed by atoms with van der Waals surface area (Å²) in [6, 6.07) is 66.4. The molecule has 0 spiro atoms. The van der Waals surface area contributed by atoms with Gasteiger partial charge in [0.2, 0.25) is 0 Å². The lowest BCUT2D eigenvalue weighted by atomic mass is 9.98. The van der Waals surface area contributed by atoms with Crippen LogP contribution in [0.25, 0.3) is 0 Å². The van der Waals surface area contributed by atoms with Crippen molar-refractivity contribution >= 4 is 51.4 Å². The highest BCUT2D eigenvalue weighted by atomic mass is 15.1. The summed E-state index contributed by atoms with van der Waals surface area (Å²) in [6.07, 6.45) is 0. The van der Waals surface area contributed by atoms with Gasteiger partial charge in [-0.05, 0) is 72.8 Å². The molecule has 0 aliphatic heterocycles. The number of para-hydroxylation sites is 4. The molecule has 0 radical (unpaired) electrons. The molecule has 0 aromatic heterocycles. The summed E-state index contributed by atoms with van der Waals surface area (Å²) in [4.78, 5) is 9.24. The Morgan fingerprint density at radius 2 is 0.660 bits per heavy atom. The van der Waals surface area contributed by atoms with Crippen molar-refractivity contribution in [1.82, 2.24) is 0 Å². The zero-order chi connectivity index (χ0) is 34.1. The smallest absolute Gasteiger partial charge is 0.152 e. The average molecular weight is 646 g/mol. The summed E-state index contributed by atoms with van der Waals surface area (Å²) in [5.41, 5.74) is 8.60. The molecule has 0 unspecified atom stereocenters. The molecular formula is C45H35N5. The zero-order valence-corrected chi connectivity index (χ0v) is 27.4. The summed E-state index contributed by atoms with van der Waals surface area (Å²) in [6.45, 7) is 0. The van der Waals surface area contributed by atoms with E-state index in [2.05, 4.69) is 76.5 Å². The molecule has 0 amide bonds. The number of anilines is 6. The molecule has 0 aliphatic rings. The molecule has 7 aromatic rings. The number of hydrogen-bond donors (Lipinski definition) is 2. The van der Waals surface area contributed by atoms with Crippen molar-refractivity contribution in [3.8, 4) is 0 Å². The number of amidine groups is 1. The van der Waals surface area contributed by atoms with E-state index in [0.29, 0.717) is 16.8 Å². The fourth-order valence-corrected chi connectivity index (χ4v) is 5.97. The molecule has 5 heteroatoms. The molecule has 0 heterocycles. The van der Waals surface area contributed by atoms with Crippen LogP contribution in [0, 0.1) is 10.8 Å². The van der Waals surface area contributed by atoms with Gasteiger partial charge in [-0.15, -0.1) is 0 Å². The Morgan fingerprint density at radius 1 is 0.340 bits per heavy atom. The van der Waals surface area contributed by atoms with Crippen LogP contribution in [0.15, 0.2) is 205 Å². The maximum atomic E-state index is 9.67. The monoisotopic (exact) mass is 645 g/mol. The molecule has 5 nitrogen and oxygen atoms in total. The Kier molecular flexibility index (Phi) is 9.47. The molecule has 2 N–H and O–H groups in total. The fraction of sp³-hybridized carbons (Fsp3) is 0. The second kappa shape index (κ2) is 14.9. The van der Waals surface area contributed by atoms with Crippen LogP contribution in [0.1, 0.15) is 16.7 Å². The fourth-order valence-electron chi connectivity index (χ4n) is 5.97. The molecule has 0 aliphatic carbocycles. The van der Waals surface area contributed by atoms with Gasteiger partial charge in [-0.3, -0.25) is 10.8 Å². The average Bonchev–Trinajstić information content (AvgIpc) is 3.19. The third-order valence-electron chi connectivity index (χ3n) is 8.34. The first kappa shape index (κ1) is 31.7. The third-order valence-corrected chi connectivity index (χ3v) is 8.34. The van der Waals surface area contributed by atoms with Crippen LogP contribution in [-0.4, -0.2) is 17.3 Å². The van der Waals surface area contributed by atoms with Crippen molar-refractivity contribution < 1.29 is 0 Å². The standard InChI is InChI=1S/C45H35N5/c46-43(35-20-16-30-41(32-35)49(37-22-8-2-9-23-37)38-24-10-3-11-25-38)44(48-45(47)34-18-6-1-7-19-34)36-21-17-31-42(33-36)50(39-26-12-4-13-27-39)40-28-14-5-15-29-40/h1-33,46-47H. The predicted octanol–water partition coefficient (Wildman–Crippen LogP) is 11.5. The van der Waals surface area contributed by atoms with Crippen LogP contribution in [0.4, 0.5) is 34.1 Å². The minimum absolute atomic E-state index is 0.0880. The van der Waals surface area contributed by atoms with Gasteiger partial charge in [0.05, 0.1) is 11.4 Å². The van der Waals surface area contributed by atoms with Crippen LogP contribution in [-0.2, 0) is 0 Å². The van der Waals surface area contributed by atoms with Gasteiger partial charge in [0, 0.05) is 50.8 Å². The van der Waals surface area contributed by atoms with Gasteiger partial charge < -0.3 is 9.80 Å². The van der Waals surface area contributed by atoms with E-state index in [1.165, 1.54) is 0 Å². The summed E-state index contributed by atoms with van der Waals surface area (Å²) < 4.78 is 0. The first-order valence-electron chi connectivity index (χ1n) is 16.5. The van der Waals surface area contributed by atoms with Crippen molar-refractivity contribution in [3.63, 3.8) is 0 Å². The van der Waals surface area contributed by atoms with Gasteiger partial charge in [0.15, 0.2) is 5.84 Å². The number of rotatable bonds is 10. The Hall–Kier alpha value is -6.85. The van der Waals surface area contributed by atoms with Gasteiger partial charge in [-0.1, -0.05) is 127 Å². The highest BCUT2D eigenvalue weighted by molar-refractivity contribution is 6.54. The van der Waals surface area contributed by atoms with Gasteiger partial charge >= 0.3 is 0 Å². The lowest BCUT2D eigenvalue weighted by Gasteiger charge is -2.26. The Labute approximate surface area is 293 Å². The van der Waals surface area contributed by atoms with Crippen LogP contribution >= 0.6 is 0 Å². The minimum Gasteiger partial charge on any atom is -0.310 e. The molecule has 0 saturated carbocycles. The van der Waals surface area contributed by atoms with Crippen molar-refractivity contribution in [2.75, 3.05) is 9.80 Å². The van der Waals surface area contributed by atoms with E-state index in [4.69, 9.17) is 10.4 Å². The molecule has 7 rings (SSSR count). The van der Waals surface area contributed by atoms with Crippen molar-refractivity contribution in [2.24, 2.45) is 4.99 Å². The largest absolute Gasteiger partial charge is 0.310 e. The van der Waals surface area contributed by atoms with Gasteiger partial charge in [-0.25, -0.2) is 4.99 Å². The summed E-state index contributed by atoms with van der Waals surface area (Å²) in [5, 5.41) is 18.7. The maximum Gasteiger partial charge on any atom is 0.152 e. The predicted molar refractivity (Wildman–Crippen MR) is 209 cm³/mol. The number of hydrogen-bond acceptors (Lipinski definition) is 4. The Bertz CT molecular complexity index is 2160. The second-order valence-electron chi connectivity index (χ2n) is 11.7. The van der Waals surface area contributed by atoms with Gasteiger partial charge in [0.1, 0.15) is 0 Å². The maximum absolute atomic E-state index is 9.67. The molecule has 240 valence electrons. The van der Waals surface area contributed by atoms with Crippen molar-refractivity contribution in [2.45, 2.75) is 0 Å². The molecule has 50 heavy (non-hydrogen) atoms. The first-order valence-corrected chi connectivity index (χ1v) is 16.5. The van der Waals surface area contributed by atoms with E-state index < -0.39 is 0 Å². The Balaban J connectivity index is 1.34. The molecule has 0 fully saturated rings. The van der Waals surface area contributed by atoms with Crippen molar-refractivity contribution in [3.05, 3.63) is 217 Å². The molecule has 0 saturated heterocycles. The number of nitrogens with one attached hydrogen (secondary N) is 2. The molecule has 7 aromatic carbocycles. The lowest BCUT2D eigenvalue weighted by molar-refractivity contribution is 1.28. The van der Waals surface area contributed by atoms with Crippen LogP contribution in [0.2, 0.25) is 0 Å². The van der Waals surface area contributed by atoms with E-state index >= 15 is 0 Å². The quantitative estimate of drug-likeness (QED) is 0.115. The zero-order valence-electron chi connectivity index (χ0n) is 27.4. The summed E-state index contributed by atoms with van der Waals surface area (Å²) in [5.74, 6) is 0.0880. The number of aliphatic imine (C=N–C) groups is 1.